The van der Waals surface area contributed by atoms with Crippen LogP contribution in [0.4, 0.5) is 11.8 Å². The molecule has 1 unspecified atom stereocenters. The van der Waals surface area contributed by atoms with Gasteiger partial charge in [-0.3, -0.25) is 0 Å². The Bertz CT molecular complexity index is 553. The molecule has 5 nitrogen and oxygen atoms in total. The molecule has 104 valence electrons. The van der Waals surface area contributed by atoms with Crippen LogP contribution < -0.4 is 10.6 Å². The first kappa shape index (κ1) is 14.0. The van der Waals surface area contributed by atoms with Gasteiger partial charge in [-0.2, -0.15) is 4.98 Å². The number of nitrogens with one attached hydrogen (secondary N) is 2. The van der Waals surface area contributed by atoms with Gasteiger partial charge in [0.2, 0.25) is 5.95 Å². The van der Waals surface area contributed by atoms with Crippen LogP contribution in [0, 0.1) is 0 Å². The van der Waals surface area contributed by atoms with Gasteiger partial charge in [-0.1, -0.05) is 6.92 Å². The summed E-state index contributed by atoms with van der Waals surface area (Å²) in [5.74, 6) is 1.42. The summed E-state index contributed by atoms with van der Waals surface area (Å²) in [6.45, 7) is 7.17. The van der Waals surface area contributed by atoms with Crippen LogP contribution in [-0.2, 0) is 6.42 Å². The molecule has 19 heavy (non-hydrogen) atoms. The fourth-order valence-corrected chi connectivity index (χ4v) is 2.73. The van der Waals surface area contributed by atoms with Gasteiger partial charge in [-0.05, 0) is 26.3 Å². The molecule has 0 aromatic carbocycles. The molecule has 0 fully saturated rings. The lowest BCUT2D eigenvalue weighted by Gasteiger charge is -2.10. The van der Waals surface area contributed by atoms with Crippen LogP contribution in [0.2, 0.25) is 0 Å². The van der Waals surface area contributed by atoms with Crippen LogP contribution in [0.5, 0.6) is 0 Å². The van der Waals surface area contributed by atoms with E-state index in [0.717, 1.165) is 29.0 Å². The summed E-state index contributed by atoms with van der Waals surface area (Å²) in [5, 5.41) is 16.7. The molecule has 0 saturated carbocycles. The van der Waals surface area contributed by atoms with Crippen molar-refractivity contribution in [1.29, 1.82) is 0 Å². The number of hydrogen-bond acceptors (Lipinski definition) is 6. The minimum Gasteiger partial charge on any atom is -0.392 e. The average Bonchev–Trinajstić information content (AvgIpc) is 2.79. The zero-order valence-corrected chi connectivity index (χ0v) is 12.3. The van der Waals surface area contributed by atoms with E-state index in [1.807, 2.05) is 6.92 Å². The molecule has 2 aromatic heterocycles. The van der Waals surface area contributed by atoms with Crippen molar-refractivity contribution in [2.75, 3.05) is 23.7 Å². The predicted octanol–water partition coefficient (Wildman–Crippen LogP) is 2.48. The lowest BCUT2D eigenvalue weighted by atomic mass is 10.3. The number of aliphatic hydroxyl groups is 1. The number of anilines is 2. The zero-order valence-electron chi connectivity index (χ0n) is 11.5. The van der Waals surface area contributed by atoms with Gasteiger partial charge in [0.05, 0.1) is 11.5 Å². The first-order chi connectivity index (χ1) is 9.13. The van der Waals surface area contributed by atoms with Crippen molar-refractivity contribution in [3.05, 3.63) is 10.9 Å². The molecule has 0 radical (unpaired) electrons. The number of fused-ring (bicyclic) bond motifs is 1. The third-order valence-electron chi connectivity index (χ3n) is 2.69. The first-order valence-corrected chi connectivity index (χ1v) is 7.42. The molecule has 0 bridgehead atoms. The van der Waals surface area contributed by atoms with Gasteiger partial charge < -0.3 is 15.7 Å². The molecule has 0 aliphatic heterocycles. The lowest BCUT2D eigenvalue weighted by Crippen LogP contribution is -2.16. The number of aromatic nitrogens is 2. The minimum atomic E-state index is -0.406. The average molecular weight is 280 g/mol. The summed E-state index contributed by atoms with van der Waals surface area (Å²) < 4.78 is 0. The third-order valence-corrected chi connectivity index (χ3v) is 3.87. The number of nitrogens with zero attached hydrogens (tertiary/aromatic N) is 2. The monoisotopic (exact) mass is 280 g/mol. The Kier molecular flexibility index (Phi) is 4.55. The normalized spacial score (nSPS) is 12.6. The fraction of sp³-hybridized carbons (Fsp3) is 0.538. The van der Waals surface area contributed by atoms with E-state index < -0.39 is 6.10 Å². The SMILES string of the molecule is CCNc1nc(NCC(C)O)c2cc(CC)sc2n1. The maximum atomic E-state index is 9.39. The van der Waals surface area contributed by atoms with Crippen LogP contribution in [-0.4, -0.2) is 34.3 Å². The molecule has 0 aliphatic rings. The van der Waals surface area contributed by atoms with Crippen LogP contribution in [0.25, 0.3) is 10.2 Å². The Morgan fingerprint density at radius 1 is 1.32 bits per heavy atom. The standard InChI is InChI=1S/C13H20N4OS/c1-4-9-6-10-11(15-7-8(3)18)16-13(14-5-2)17-12(10)19-9/h6,8,18H,4-5,7H2,1-3H3,(H2,14,15,16,17). The second-order valence-corrected chi connectivity index (χ2v) is 5.56. The highest BCUT2D eigenvalue weighted by molar-refractivity contribution is 7.18. The fourth-order valence-electron chi connectivity index (χ4n) is 1.76. The Morgan fingerprint density at radius 3 is 2.74 bits per heavy atom. The Balaban J connectivity index is 2.41. The van der Waals surface area contributed by atoms with Gasteiger partial charge in [0.1, 0.15) is 10.6 Å². The van der Waals surface area contributed by atoms with Gasteiger partial charge in [0.25, 0.3) is 0 Å². The molecule has 2 aromatic rings. The summed E-state index contributed by atoms with van der Waals surface area (Å²) in [7, 11) is 0. The number of thiophene rings is 1. The second-order valence-electron chi connectivity index (χ2n) is 4.44. The highest BCUT2D eigenvalue weighted by atomic mass is 32.1. The molecule has 2 heterocycles. The summed E-state index contributed by atoms with van der Waals surface area (Å²) in [5.41, 5.74) is 0. The van der Waals surface area contributed by atoms with E-state index in [-0.39, 0.29) is 0 Å². The minimum absolute atomic E-state index is 0.406. The van der Waals surface area contributed by atoms with Gasteiger partial charge in [-0.25, -0.2) is 4.98 Å². The van der Waals surface area contributed by atoms with E-state index in [9.17, 15) is 5.11 Å². The number of aryl methyl sites for hydroxylation is 1. The third kappa shape index (κ3) is 3.33. The van der Waals surface area contributed by atoms with Crippen LogP contribution in [0.15, 0.2) is 6.07 Å². The van der Waals surface area contributed by atoms with Crippen molar-refractivity contribution in [1.82, 2.24) is 9.97 Å². The molecular formula is C13H20N4OS. The van der Waals surface area contributed by atoms with Crippen molar-refractivity contribution in [2.24, 2.45) is 0 Å². The molecule has 6 heteroatoms. The maximum Gasteiger partial charge on any atom is 0.226 e. The summed E-state index contributed by atoms with van der Waals surface area (Å²) >= 11 is 1.69. The van der Waals surface area contributed by atoms with Crippen molar-refractivity contribution in [2.45, 2.75) is 33.3 Å². The second kappa shape index (κ2) is 6.16. The Morgan fingerprint density at radius 2 is 2.11 bits per heavy atom. The Labute approximate surface area is 117 Å². The molecule has 0 aliphatic carbocycles. The van der Waals surface area contributed by atoms with E-state index >= 15 is 0 Å². The highest BCUT2D eigenvalue weighted by Crippen LogP contribution is 2.30. The van der Waals surface area contributed by atoms with Crippen molar-refractivity contribution in [3.8, 4) is 0 Å². The molecule has 3 N–H and O–H groups in total. The molecule has 2 rings (SSSR count). The van der Waals surface area contributed by atoms with Crippen LogP contribution in [0.3, 0.4) is 0 Å². The Hall–Kier alpha value is -1.40. The predicted molar refractivity (Wildman–Crippen MR) is 81.1 cm³/mol. The van der Waals surface area contributed by atoms with Gasteiger partial charge in [0, 0.05) is 18.0 Å². The zero-order chi connectivity index (χ0) is 13.8. The van der Waals surface area contributed by atoms with Crippen molar-refractivity contribution in [3.63, 3.8) is 0 Å². The van der Waals surface area contributed by atoms with E-state index in [4.69, 9.17) is 0 Å². The highest BCUT2D eigenvalue weighted by Gasteiger charge is 2.11. The van der Waals surface area contributed by atoms with Gasteiger partial charge >= 0.3 is 0 Å². The topological polar surface area (TPSA) is 70.1 Å². The molecule has 1 atom stereocenters. The number of hydrogen-bond donors (Lipinski definition) is 3. The van der Waals surface area contributed by atoms with Crippen molar-refractivity contribution < 1.29 is 5.11 Å². The molecular weight excluding hydrogens is 260 g/mol. The number of aliphatic hydroxyl groups excluding tert-OH is 1. The molecule has 0 saturated heterocycles. The summed E-state index contributed by atoms with van der Waals surface area (Å²) in [6.07, 6.45) is 0.588. The number of rotatable bonds is 6. The lowest BCUT2D eigenvalue weighted by molar-refractivity contribution is 0.208. The van der Waals surface area contributed by atoms with E-state index in [0.29, 0.717) is 12.5 Å². The first-order valence-electron chi connectivity index (χ1n) is 6.60. The molecule has 0 spiro atoms. The molecule has 0 amide bonds. The maximum absolute atomic E-state index is 9.39. The quantitative estimate of drug-likeness (QED) is 0.758. The van der Waals surface area contributed by atoms with Gasteiger partial charge in [0.15, 0.2) is 0 Å². The van der Waals surface area contributed by atoms with Crippen molar-refractivity contribution >= 4 is 33.3 Å². The van der Waals surface area contributed by atoms with E-state index in [1.165, 1.54) is 4.88 Å². The van der Waals surface area contributed by atoms with Crippen LogP contribution in [0.1, 0.15) is 25.6 Å². The smallest absolute Gasteiger partial charge is 0.226 e. The largest absolute Gasteiger partial charge is 0.392 e. The van der Waals surface area contributed by atoms with Gasteiger partial charge in [-0.15, -0.1) is 11.3 Å². The van der Waals surface area contributed by atoms with E-state index in [1.54, 1.807) is 18.3 Å². The van der Waals surface area contributed by atoms with Crippen LogP contribution >= 0.6 is 11.3 Å². The van der Waals surface area contributed by atoms with E-state index in [2.05, 4.69) is 33.6 Å². The summed E-state index contributed by atoms with van der Waals surface area (Å²) in [4.78, 5) is 11.3. The summed E-state index contributed by atoms with van der Waals surface area (Å²) in [6, 6.07) is 2.13.